The molecule has 0 unspecified atom stereocenters. The van der Waals surface area contributed by atoms with Gasteiger partial charge in [0, 0.05) is 12.0 Å². The Morgan fingerprint density at radius 1 is 1.32 bits per heavy atom. The number of methoxy groups -OCH3 is 1. The first-order chi connectivity index (χ1) is 8.91. The molecule has 0 aromatic heterocycles. The molecule has 0 bridgehead atoms. The maximum atomic E-state index is 5.37. The van der Waals surface area contributed by atoms with E-state index in [1.807, 2.05) is 13.1 Å². The molecule has 1 fully saturated rings. The Kier molecular flexibility index (Phi) is 3.91. The van der Waals surface area contributed by atoms with Crippen LogP contribution >= 0.6 is 0 Å². The van der Waals surface area contributed by atoms with Gasteiger partial charge in [0.1, 0.15) is 5.75 Å². The lowest BCUT2D eigenvalue weighted by Crippen LogP contribution is -2.51. The molecule has 2 nitrogen and oxygen atoms in total. The van der Waals surface area contributed by atoms with Crippen molar-refractivity contribution < 1.29 is 4.74 Å². The van der Waals surface area contributed by atoms with E-state index in [1.165, 1.54) is 18.4 Å². The molecule has 1 aliphatic carbocycles. The zero-order chi connectivity index (χ0) is 14.1. The molecule has 0 heterocycles. The van der Waals surface area contributed by atoms with E-state index in [4.69, 9.17) is 4.74 Å². The Hall–Kier alpha value is -1.02. The average Bonchev–Trinajstić information content (AvgIpc) is 2.32. The lowest BCUT2D eigenvalue weighted by Gasteiger charge is -2.53. The van der Waals surface area contributed by atoms with Crippen molar-refractivity contribution in [1.29, 1.82) is 0 Å². The minimum absolute atomic E-state index is 0.293. The van der Waals surface area contributed by atoms with Crippen molar-refractivity contribution in [3.8, 4) is 5.75 Å². The second kappa shape index (κ2) is 5.16. The van der Waals surface area contributed by atoms with Gasteiger partial charge in [0.05, 0.1) is 7.11 Å². The van der Waals surface area contributed by atoms with Crippen molar-refractivity contribution in [1.82, 2.24) is 5.32 Å². The van der Waals surface area contributed by atoms with Crippen molar-refractivity contribution in [2.75, 3.05) is 20.7 Å². The maximum Gasteiger partial charge on any atom is 0.119 e. The monoisotopic (exact) mass is 261 g/mol. The van der Waals surface area contributed by atoms with Crippen LogP contribution in [0.3, 0.4) is 0 Å². The second-order valence-electron chi connectivity index (χ2n) is 7.01. The predicted molar refractivity (Wildman–Crippen MR) is 80.8 cm³/mol. The number of ether oxygens (including phenoxy) is 1. The third kappa shape index (κ3) is 2.79. The molecule has 0 atom stereocenters. The molecule has 0 amide bonds. The number of rotatable bonds is 4. The first-order valence-electron chi connectivity index (χ1n) is 7.20. The fourth-order valence-corrected chi connectivity index (χ4v) is 3.27. The molecule has 0 saturated heterocycles. The molecule has 1 aromatic rings. The fourth-order valence-electron chi connectivity index (χ4n) is 3.27. The Bertz CT molecular complexity index is 427. The summed E-state index contributed by atoms with van der Waals surface area (Å²) in [6, 6.07) is 8.58. The summed E-state index contributed by atoms with van der Waals surface area (Å²) >= 11 is 0. The maximum absolute atomic E-state index is 5.37. The topological polar surface area (TPSA) is 21.3 Å². The number of hydrogen-bond donors (Lipinski definition) is 1. The minimum atomic E-state index is 0.293. The van der Waals surface area contributed by atoms with E-state index >= 15 is 0 Å². The lowest BCUT2D eigenvalue weighted by atomic mass is 9.52. The van der Waals surface area contributed by atoms with Crippen LogP contribution in [0, 0.1) is 11.3 Å². The average molecular weight is 261 g/mol. The fraction of sp³-hybridized carbons (Fsp3) is 0.647. The van der Waals surface area contributed by atoms with Crippen LogP contribution in [-0.4, -0.2) is 20.7 Å². The number of nitrogens with one attached hydrogen (secondary N) is 1. The van der Waals surface area contributed by atoms with Gasteiger partial charge in [0.25, 0.3) is 0 Å². The zero-order valence-electron chi connectivity index (χ0n) is 12.9. The standard InChI is InChI=1S/C17H27NO/c1-16(2,3)14-10-17(11-14,12-18-4)13-7-6-8-15(9-13)19-5/h6-9,14,18H,10-12H2,1-5H3. The molecule has 2 rings (SSSR count). The van der Waals surface area contributed by atoms with Crippen LogP contribution in [0.2, 0.25) is 0 Å². The summed E-state index contributed by atoms with van der Waals surface area (Å²) in [7, 11) is 3.79. The summed E-state index contributed by atoms with van der Waals surface area (Å²) in [4.78, 5) is 0. The Morgan fingerprint density at radius 2 is 2.00 bits per heavy atom. The molecular weight excluding hydrogens is 234 g/mol. The third-order valence-corrected chi connectivity index (χ3v) is 4.70. The van der Waals surface area contributed by atoms with Crippen LogP contribution in [0.4, 0.5) is 0 Å². The number of likely N-dealkylation sites (N-methyl/N-ethyl adjacent to an activating group) is 1. The summed E-state index contributed by atoms with van der Waals surface area (Å²) in [5.41, 5.74) is 2.12. The van der Waals surface area contributed by atoms with Crippen LogP contribution in [0.15, 0.2) is 24.3 Å². The largest absolute Gasteiger partial charge is 0.497 e. The van der Waals surface area contributed by atoms with E-state index in [-0.39, 0.29) is 0 Å². The van der Waals surface area contributed by atoms with Gasteiger partial charge in [-0.3, -0.25) is 0 Å². The highest BCUT2D eigenvalue weighted by molar-refractivity contribution is 5.36. The molecule has 1 saturated carbocycles. The van der Waals surface area contributed by atoms with E-state index < -0.39 is 0 Å². The predicted octanol–water partition coefficient (Wildman–Crippen LogP) is 3.61. The van der Waals surface area contributed by atoms with Crippen LogP contribution < -0.4 is 10.1 Å². The van der Waals surface area contributed by atoms with Crippen LogP contribution in [0.25, 0.3) is 0 Å². The summed E-state index contributed by atoms with van der Waals surface area (Å²) in [6.07, 6.45) is 2.54. The summed E-state index contributed by atoms with van der Waals surface area (Å²) in [5.74, 6) is 1.78. The normalized spacial score (nSPS) is 26.9. The SMILES string of the molecule is CNCC1(c2cccc(OC)c2)CC(C(C)(C)C)C1. The Labute approximate surface area is 117 Å². The molecule has 0 spiro atoms. The van der Waals surface area contributed by atoms with Crippen molar-refractivity contribution in [2.24, 2.45) is 11.3 Å². The molecule has 0 aliphatic heterocycles. The highest BCUT2D eigenvalue weighted by Crippen LogP contribution is 2.54. The quantitative estimate of drug-likeness (QED) is 0.894. The van der Waals surface area contributed by atoms with Gasteiger partial charge in [-0.1, -0.05) is 32.9 Å². The molecule has 1 N–H and O–H groups in total. The van der Waals surface area contributed by atoms with Gasteiger partial charge in [-0.15, -0.1) is 0 Å². The van der Waals surface area contributed by atoms with Gasteiger partial charge in [0.15, 0.2) is 0 Å². The van der Waals surface area contributed by atoms with Crippen molar-refractivity contribution in [2.45, 2.75) is 39.0 Å². The number of hydrogen-bond acceptors (Lipinski definition) is 2. The Balaban J connectivity index is 2.22. The van der Waals surface area contributed by atoms with Crippen molar-refractivity contribution >= 4 is 0 Å². The lowest BCUT2D eigenvalue weighted by molar-refractivity contribution is 0.0459. The molecule has 106 valence electrons. The van der Waals surface area contributed by atoms with E-state index in [9.17, 15) is 0 Å². The molecular formula is C17H27NO. The van der Waals surface area contributed by atoms with E-state index in [0.29, 0.717) is 10.8 Å². The van der Waals surface area contributed by atoms with Gasteiger partial charge < -0.3 is 10.1 Å². The second-order valence-corrected chi connectivity index (χ2v) is 7.01. The summed E-state index contributed by atoms with van der Waals surface area (Å²) in [6.45, 7) is 8.11. The Morgan fingerprint density at radius 3 is 2.53 bits per heavy atom. The minimum Gasteiger partial charge on any atom is -0.497 e. The number of benzene rings is 1. The third-order valence-electron chi connectivity index (χ3n) is 4.70. The van der Waals surface area contributed by atoms with Crippen LogP contribution in [0.1, 0.15) is 39.2 Å². The van der Waals surface area contributed by atoms with Gasteiger partial charge in [-0.05, 0) is 48.9 Å². The molecule has 1 aromatic carbocycles. The van der Waals surface area contributed by atoms with Gasteiger partial charge >= 0.3 is 0 Å². The molecule has 0 radical (unpaired) electrons. The first kappa shape index (κ1) is 14.4. The van der Waals surface area contributed by atoms with Gasteiger partial charge in [-0.25, -0.2) is 0 Å². The van der Waals surface area contributed by atoms with E-state index in [2.05, 4.69) is 44.3 Å². The van der Waals surface area contributed by atoms with Crippen LogP contribution in [-0.2, 0) is 5.41 Å². The zero-order valence-corrected chi connectivity index (χ0v) is 12.9. The molecule has 1 aliphatic rings. The van der Waals surface area contributed by atoms with Crippen molar-refractivity contribution in [3.05, 3.63) is 29.8 Å². The molecule has 2 heteroatoms. The van der Waals surface area contributed by atoms with Gasteiger partial charge in [-0.2, -0.15) is 0 Å². The smallest absolute Gasteiger partial charge is 0.119 e. The summed E-state index contributed by atoms with van der Waals surface area (Å²) < 4.78 is 5.37. The van der Waals surface area contributed by atoms with Gasteiger partial charge in [0.2, 0.25) is 0 Å². The molecule has 19 heavy (non-hydrogen) atoms. The van der Waals surface area contributed by atoms with Crippen molar-refractivity contribution in [3.63, 3.8) is 0 Å². The highest BCUT2D eigenvalue weighted by Gasteiger charge is 2.48. The van der Waals surface area contributed by atoms with E-state index in [0.717, 1.165) is 18.2 Å². The highest BCUT2D eigenvalue weighted by atomic mass is 16.5. The summed E-state index contributed by atoms with van der Waals surface area (Å²) in [5, 5.41) is 3.38. The van der Waals surface area contributed by atoms with E-state index in [1.54, 1.807) is 7.11 Å². The van der Waals surface area contributed by atoms with Crippen LogP contribution in [0.5, 0.6) is 5.75 Å². The first-order valence-corrected chi connectivity index (χ1v) is 7.20.